The Bertz CT molecular complexity index is 530. The number of carbonyl (C=O) groups excluding carboxylic acids is 2. The Kier molecular flexibility index (Phi) is 4.97. The zero-order valence-corrected chi connectivity index (χ0v) is 12.4. The number of nitrogens with zero attached hydrogens (tertiary/aromatic N) is 4. The molecule has 0 aromatic carbocycles. The molecule has 0 N–H and O–H groups in total. The molecular weight excluding hydrogens is 272 g/mol. The lowest BCUT2D eigenvalue weighted by atomic mass is 10.3. The number of carbonyl (C=O) groups is 2. The molecule has 1 aromatic heterocycles. The number of aryl methyl sites for hydroxylation is 1. The standard InChI is InChI=1S/C14H20N4O3/c1-3-21-14(20)18-8-6-17(7-9-18)13(19)5-4-12-10-15-16(2)11-12/h4-5,10-11H,3,6-9H2,1-2H3/b5-4+. The normalized spacial score (nSPS) is 15.5. The first-order valence-electron chi connectivity index (χ1n) is 6.97. The van der Waals surface area contributed by atoms with Crippen molar-refractivity contribution in [1.82, 2.24) is 19.6 Å². The van der Waals surface area contributed by atoms with Crippen LogP contribution in [-0.4, -0.2) is 64.4 Å². The summed E-state index contributed by atoms with van der Waals surface area (Å²) >= 11 is 0. The molecule has 1 saturated heterocycles. The van der Waals surface area contributed by atoms with Gasteiger partial charge in [-0.15, -0.1) is 0 Å². The fraction of sp³-hybridized carbons (Fsp3) is 0.500. The summed E-state index contributed by atoms with van der Waals surface area (Å²) < 4.78 is 6.63. The van der Waals surface area contributed by atoms with Crippen LogP contribution in [0.3, 0.4) is 0 Å². The van der Waals surface area contributed by atoms with Crippen molar-refractivity contribution in [2.45, 2.75) is 6.92 Å². The Morgan fingerprint density at radius 2 is 1.95 bits per heavy atom. The Morgan fingerprint density at radius 3 is 2.52 bits per heavy atom. The number of piperazine rings is 1. The van der Waals surface area contributed by atoms with E-state index in [9.17, 15) is 9.59 Å². The third-order valence-corrected chi connectivity index (χ3v) is 3.26. The van der Waals surface area contributed by atoms with E-state index in [1.165, 1.54) is 6.08 Å². The molecule has 0 atom stereocenters. The van der Waals surface area contributed by atoms with Crippen molar-refractivity contribution >= 4 is 18.1 Å². The molecule has 0 unspecified atom stereocenters. The van der Waals surface area contributed by atoms with E-state index in [-0.39, 0.29) is 12.0 Å². The molecule has 0 spiro atoms. The second kappa shape index (κ2) is 6.92. The van der Waals surface area contributed by atoms with Gasteiger partial charge in [0.05, 0.1) is 12.8 Å². The Labute approximate surface area is 123 Å². The first-order valence-corrected chi connectivity index (χ1v) is 6.97. The van der Waals surface area contributed by atoms with Crippen LogP contribution >= 0.6 is 0 Å². The molecule has 114 valence electrons. The maximum absolute atomic E-state index is 12.1. The largest absolute Gasteiger partial charge is 0.450 e. The van der Waals surface area contributed by atoms with Gasteiger partial charge >= 0.3 is 6.09 Å². The Morgan fingerprint density at radius 1 is 1.29 bits per heavy atom. The van der Waals surface area contributed by atoms with E-state index < -0.39 is 0 Å². The zero-order valence-electron chi connectivity index (χ0n) is 12.4. The minimum atomic E-state index is -0.310. The van der Waals surface area contributed by atoms with Crippen molar-refractivity contribution in [3.05, 3.63) is 24.0 Å². The lowest BCUT2D eigenvalue weighted by Gasteiger charge is -2.33. The van der Waals surface area contributed by atoms with Crippen molar-refractivity contribution in [2.75, 3.05) is 32.8 Å². The molecule has 21 heavy (non-hydrogen) atoms. The van der Waals surface area contributed by atoms with E-state index >= 15 is 0 Å². The summed E-state index contributed by atoms with van der Waals surface area (Å²) in [5.74, 6) is -0.0534. The fourth-order valence-corrected chi connectivity index (χ4v) is 2.12. The topological polar surface area (TPSA) is 67.7 Å². The molecule has 0 bridgehead atoms. The molecule has 2 amide bonds. The Balaban J connectivity index is 1.83. The second-order valence-corrected chi connectivity index (χ2v) is 4.79. The summed E-state index contributed by atoms with van der Waals surface area (Å²) in [6.07, 6.45) is 6.50. The predicted molar refractivity (Wildman–Crippen MR) is 77.4 cm³/mol. The third-order valence-electron chi connectivity index (χ3n) is 3.26. The number of amides is 2. The quantitative estimate of drug-likeness (QED) is 0.770. The smallest absolute Gasteiger partial charge is 0.409 e. The van der Waals surface area contributed by atoms with Gasteiger partial charge in [-0.05, 0) is 13.0 Å². The van der Waals surface area contributed by atoms with Crippen LogP contribution in [0.4, 0.5) is 4.79 Å². The van der Waals surface area contributed by atoms with Crippen LogP contribution < -0.4 is 0 Å². The van der Waals surface area contributed by atoms with Gasteiger partial charge in [0.2, 0.25) is 5.91 Å². The lowest BCUT2D eigenvalue weighted by molar-refractivity contribution is -0.127. The minimum Gasteiger partial charge on any atom is -0.450 e. The molecular formula is C14H20N4O3. The van der Waals surface area contributed by atoms with Gasteiger partial charge in [-0.2, -0.15) is 5.10 Å². The van der Waals surface area contributed by atoms with E-state index in [0.717, 1.165) is 5.56 Å². The number of hydrogen-bond acceptors (Lipinski definition) is 4. The van der Waals surface area contributed by atoms with Crippen molar-refractivity contribution < 1.29 is 14.3 Å². The summed E-state index contributed by atoms with van der Waals surface area (Å²) in [4.78, 5) is 27.0. The minimum absolute atomic E-state index is 0.0534. The highest BCUT2D eigenvalue weighted by molar-refractivity contribution is 5.91. The lowest BCUT2D eigenvalue weighted by Crippen LogP contribution is -2.50. The van der Waals surface area contributed by atoms with Gasteiger partial charge < -0.3 is 14.5 Å². The second-order valence-electron chi connectivity index (χ2n) is 4.79. The van der Waals surface area contributed by atoms with Gasteiger partial charge in [0.1, 0.15) is 0 Å². The summed E-state index contributed by atoms with van der Waals surface area (Å²) in [5, 5.41) is 4.04. The average Bonchev–Trinajstić information content (AvgIpc) is 2.91. The van der Waals surface area contributed by atoms with Crippen LogP contribution in [-0.2, 0) is 16.6 Å². The van der Waals surface area contributed by atoms with E-state index in [0.29, 0.717) is 32.8 Å². The first-order chi connectivity index (χ1) is 10.1. The van der Waals surface area contributed by atoms with Crippen molar-refractivity contribution in [3.63, 3.8) is 0 Å². The summed E-state index contributed by atoms with van der Waals surface area (Å²) in [5.41, 5.74) is 0.885. The SMILES string of the molecule is CCOC(=O)N1CCN(C(=O)/C=C/c2cnn(C)c2)CC1. The number of hydrogen-bond donors (Lipinski definition) is 0. The van der Waals surface area contributed by atoms with E-state index in [1.807, 2.05) is 13.2 Å². The van der Waals surface area contributed by atoms with Gasteiger partial charge in [0, 0.05) is 51.1 Å². The molecule has 0 saturated carbocycles. The van der Waals surface area contributed by atoms with Crippen molar-refractivity contribution in [2.24, 2.45) is 7.05 Å². The van der Waals surface area contributed by atoms with Crippen LogP contribution in [0, 0.1) is 0 Å². The average molecular weight is 292 g/mol. The van der Waals surface area contributed by atoms with Crippen LogP contribution in [0.5, 0.6) is 0 Å². The van der Waals surface area contributed by atoms with E-state index in [2.05, 4.69) is 5.10 Å². The number of ether oxygens (including phenoxy) is 1. The summed E-state index contributed by atoms with van der Waals surface area (Å²) in [6, 6.07) is 0. The van der Waals surface area contributed by atoms with E-state index in [4.69, 9.17) is 4.74 Å². The molecule has 1 aromatic rings. The fourth-order valence-electron chi connectivity index (χ4n) is 2.12. The summed E-state index contributed by atoms with van der Waals surface area (Å²) in [6.45, 7) is 4.20. The van der Waals surface area contributed by atoms with Gasteiger partial charge in [-0.25, -0.2) is 4.79 Å². The van der Waals surface area contributed by atoms with E-state index in [1.54, 1.807) is 33.7 Å². The monoisotopic (exact) mass is 292 g/mol. The number of rotatable bonds is 3. The molecule has 2 heterocycles. The third kappa shape index (κ3) is 4.08. The molecule has 2 rings (SSSR count). The number of aromatic nitrogens is 2. The summed E-state index contributed by atoms with van der Waals surface area (Å²) in [7, 11) is 1.83. The van der Waals surface area contributed by atoms with Crippen molar-refractivity contribution in [3.8, 4) is 0 Å². The highest BCUT2D eigenvalue weighted by Gasteiger charge is 2.23. The van der Waals surface area contributed by atoms with Crippen molar-refractivity contribution in [1.29, 1.82) is 0 Å². The maximum Gasteiger partial charge on any atom is 0.409 e. The van der Waals surface area contributed by atoms with Gasteiger partial charge in [-0.3, -0.25) is 9.48 Å². The maximum atomic E-state index is 12.1. The molecule has 7 nitrogen and oxygen atoms in total. The molecule has 1 aliphatic heterocycles. The van der Waals surface area contributed by atoms with Crippen LogP contribution in [0.15, 0.2) is 18.5 Å². The molecule has 0 radical (unpaired) electrons. The molecule has 1 aliphatic rings. The first kappa shape index (κ1) is 15.1. The van der Waals surface area contributed by atoms with Gasteiger partial charge in [-0.1, -0.05) is 0 Å². The molecule has 1 fully saturated rings. The van der Waals surface area contributed by atoms with Gasteiger partial charge in [0.25, 0.3) is 0 Å². The predicted octanol–water partition coefficient (Wildman–Crippen LogP) is 0.734. The van der Waals surface area contributed by atoms with Crippen LogP contribution in [0.1, 0.15) is 12.5 Å². The van der Waals surface area contributed by atoms with Gasteiger partial charge in [0.15, 0.2) is 0 Å². The Hall–Kier alpha value is -2.31. The molecule has 7 heteroatoms. The zero-order chi connectivity index (χ0) is 15.2. The highest BCUT2D eigenvalue weighted by Crippen LogP contribution is 2.06. The van der Waals surface area contributed by atoms with Crippen LogP contribution in [0.25, 0.3) is 6.08 Å². The van der Waals surface area contributed by atoms with Crippen LogP contribution in [0.2, 0.25) is 0 Å². The molecule has 0 aliphatic carbocycles. The highest BCUT2D eigenvalue weighted by atomic mass is 16.6.